The fraction of sp³-hybridized carbons (Fsp3) is 0.481. The molecule has 0 spiro atoms. The summed E-state index contributed by atoms with van der Waals surface area (Å²) in [6.45, 7) is 1.81. The van der Waals surface area contributed by atoms with Crippen LogP contribution in [0.15, 0.2) is 42.7 Å². The Balaban J connectivity index is 1.49. The number of nitrogens with zero attached hydrogens (tertiary/aromatic N) is 5. The van der Waals surface area contributed by atoms with Crippen LogP contribution in [0.25, 0.3) is 11.0 Å². The molecular weight excluding hydrogens is 438 g/mol. The summed E-state index contributed by atoms with van der Waals surface area (Å²) in [5.74, 6) is 0.793. The SMILES string of the molecule is N#Cc1ccc2c(c1)nc(C(N)C1CCN(c3ccncc3)CC1)n2C(C(N)=O)C1CCCCC1. The second kappa shape index (κ2) is 10.0. The number of amides is 1. The minimum absolute atomic E-state index is 0.175. The van der Waals surface area contributed by atoms with Gasteiger partial charge < -0.3 is 20.9 Å². The highest BCUT2D eigenvalue weighted by molar-refractivity contribution is 5.84. The van der Waals surface area contributed by atoms with E-state index in [2.05, 4.69) is 16.0 Å². The molecule has 182 valence electrons. The fourth-order valence-corrected chi connectivity index (χ4v) is 6.02. The van der Waals surface area contributed by atoms with Crippen LogP contribution in [0, 0.1) is 23.2 Å². The lowest BCUT2D eigenvalue weighted by molar-refractivity contribution is -0.123. The lowest BCUT2D eigenvalue weighted by Gasteiger charge is -2.37. The molecule has 1 aliphatic heterocycles. The van der Waals surface area contributed by atoms with Gasteiger partial charge in [0, 0.05) is 31.2 Å². The van der Waals surface area contributed by atoms with Crippen molar-refractivity contribution in [3.8, 4) is 6.07 Å². The number of hydrogen-bond acceptors (Lipinski definition) is 6. The predicted molar refractivity (Wildman–Crippen MR) is 135 cm³/mol. The maximum atomic E-state index is 12.9. The highest BCUT2D eigenvalue weighted by Gasteiger charge is 2.36. The largest absolute Gasteiger partial charge is 0.371 e. The Hall–Kier alpha value is -3.44. The Morgan fingerprint density at radius 1 is 1.03 bits per heavy atom. The van der Waals surface area contributed by atoms with Crippen molar-refractivity contribution in [2.24, 2.45) is 23.3 Å². The molecule has 2 fully saturated rings. The molecule has 2 atom stereocenters. The van der Waals surface area contributed by atoms with E-state index in [4.69, 9.17) is 16.5 Å². The van der Waals surface area contributed by atoms with Crippen molar-refractivity contribution in [3.05, 3.63) is 54.1 Å². The maximum absolute atomic E-state index is 12.9. The molecule has 1 saturated heterocycles. The van der Waals surface area contributed by atoms with E-state index < -0.39 is 6.04 Å². The molecule has 8 heteroatoms. The minimum atomic E-state index is -0.480. The molecule has 1 aromatic carbocycles. The Labute approximate surface area is 205 Å². The normalized spacial score (nSPS) is 19.4. The second-order valence-electron chi connectivity index (χ2n) is 9.96. The minimum Gasteiger partial charge on any atom is -0.371 e. The number of carbonyl (C=O) groups excluding carboxylic acids is 1. The van der Waals surface area contributed by atoms with Crippen LogP contribution in [0.3, 0.4) is 0 Å². The number of piperidine rings is 1. The summed E-state index contributed by atoms with van der Waals surface area (Å²) in [6, 6.07) is 10.9. The number of rotatable bonds is 6. The van der Waals surface area contributed by atoms with Crippen LogP contribution in [-0.2, 0) is 4.79 Å². The second-order valence-corrected chi connectivity index (χ2v) is 9.96. The number of hydrogen-bond donors (Lipinski definition) is 2. The van der Waals surface area contributed by atoms with Gasteiger partial charge in [-0.15, -0.1) is 0 Å². The van der Waals surface area contributed by atoms with Gasteiger partial charge in [0.15, 0.2) is 0 Å². The molecule has 1 saturated carbocycles. The van der Waals surface area contributed by atoms with Crippen LogP contribution in [0.5, 0.6) is 0 Å². The topological polar surface area (TPSA) is 127 Å². The summed E-state index contributed by atoms with van der Waals surface area (Å²) in [6.07, 6.45) is 10.9. The molecule has 8 nitrogen and oxygen atoms in total. The van der Waals surface area contributed by atoms with E-state index in [1.165, 1.54) is 12.1 Å². The van der Waals surface area contributed by atoms with E-state index in [1.807, 2.05) is 35.2 Å². The number of imidazole rings is 1. The fourth-order valence-electron chi connectivity index (χ4n) is 6.02. The summed E-state index contributed by atoms with van der Waals surface area (Å²) < 4.78 is 2.02. The van der Waals surface area contributed by atoms with Crippen LogP contribution in [0.1, 0.15) is 68.4 Å². The number of nitrogens with two attached hydrogens (primary N) is 2. The number of aromatic nitrogens is 3. The zero-order valence-electron chi connectivity index (χ0n) is 20.0. The quantitative estimate of drug-likeness (QED) is 0.562. The number of carbonyl (C=O) groups is 1. The van der Waals surface area contributed by atoms with Gasteiger partial charge in [0.05, 0.1) is 28.7 Å². The maximum Gasteiger partial charge on any atom is 0.240 e. The predicted octanol–water partition coefficient (Wildman–Crippen LogP) is 3.83. The van der Waals surface area contributed by atoms with Crippen molar-refractivity contribution in [2.75, 3.05) is 18.0 Å². The molecule has 3 aromatic rings. The average Bonchev–Trinajstić information content (AvgIpc) is 3.27. The number of benzene rings is 1. The third kappa shape index (κ3) is 4.61. The molecule has 2 aromatic heterocycles. The Bertz CT molecular complexity index is 1220. The van der Waals surface area contributed by atoms with Crippen molar-refractivity contribution < 1.29 is 4.79 Å². The van der Waals surface area contributed by atoms with E-state index in [0.29, 0.717) is 16.9 Å². The molecule has 0 bridgehead atoms. The zero-order valence-corrected chi connectivity index (χ0v) is 20.0. The van der Waals surface area contributed by atoms with Gasteiger partial charge in [-0.3, -0.25) is 9.78 Å². The first-order valence-corrected chi connectivity index (χ1v) is 12.7. The van der Waals surface area contributed by atoms with Gasteiger partial charge in [-0.25, -0.2) is 4.98 Å². The number of pyridine rings is 1. The molecule has 35 heavy (non-hydrogen) atoms. The molecule has 0 radical (unpaired) electrons. The summed E-state index contributed by atoms with van der Waals surface area (Å²) in [4.78, 5) is 24.3. The van der Waals surface area contributed by atoms with Crippen molar-refractivity contribution in [1.82, 2.24) is 14.5 Å². The van der Waals surface area contributed by atoms with Gasteiger partial charge in [-0.05, 0) is 67.9 Å². The zero-order chi connectivity index (χ0) is 24.4. The highest BCUT2D eigenvalue weighted by atomic mass is 16.1. The highest BCUT2D eigenvalue weighted by Crippen LogP contribution is 2.39. The first kappa shape index (κ1) is 23.3. The van der Waals surface area contributed by atoms with Crippen molar-refractivity contribution in [1.29, 1.82) is 5.26 Å². The van der Waals surface area contributed by atoms with E-state index in [9.17, 15) is 10.1 Å². The van der Waals surface area contributed by atoms with E-state index in [-0.39, 0.29) is 23.8 Å². The molecule has 4 N–H and O–H groups in total. The van der Waals surface area contributed by atoms with Crippen molar-refractivity contribution in [2.45, 2.75) is 57.0 Å². The van der Waals surface area contributed by atoms with Gasteiger partial charge in [0.2, 0.25) is 5.91 Å². The van der Waals surface area contributed by atoms with Crippen LogP contribution >= 0.6 is 0 Å². The molecule has 1 amide bonds. The smallest absolute Gasteiger partial charge is 0.240 e. The number of primary amides is 1. The molecule has 2 aliphatic rings. The average molecular weight is 472 g/mol. The lowest BCUT2D eigenvalue weighted by atomic mass is 9.83. The first-order valence-electron chi connectivity index (χ1n) is 12.7. The Morgan fingerprint density at radius 2 is 1.74 bits per heavy atom. The van der Waals surface area contributed by atoms with Crippen LogP contribution < -0.4 is 16.4 Å². The standard InChI is InChI=1S/C27H33N7O/c28-17-18-6-7-23-22(16-18)32-27(34(23)25(26(30)35)20-4-2-1-3-5-20)24(29)19-10-14-33(15-11-19)21-8-12-31-13-9-21/h6-9,12-13,16,19-20,24-25H,1-5,10-11,14-15,29H2,(H2,30,35). The molecular formula is C27H33N7O. The summed E-state index contributed by atoms with van der Waals surface area (Å²) in [5.41, 5.74) is 16.2. The molecule has 1 aliphatic carbocycles. The van der Waals surface area contributed by atoms with Gasteiger partial charge in [0.1, 0.15) is 11.9 Å². The summed E-state index contributed by atoms with van der Waals surface area (Å²) in [7, 11) is 0. The van der Waals surface area contributed by atoms with E-state index in [0.717, 1.165) is 57.1 Å². The summed E-state index contributed by atoms with van der Waals surface area (Å²) >= 11 is 0. The van der Waals surface area contributed by atoms with Gasteiger partial charge in [-0.2, -0.15) is 5.26 Å². The van der Waals surface area contributed by atoms with Crippen LogP contribution in [0.2, 0.25) is 0 Å². The van der Waals surface area contributed by atoms with Gasteiger partial charge >= 0.3 is 0 Å². The van der Waals surface area contributed by atoms with Gasteiger partial charge in [0.25, 0.3) is 0 Å². The molecule has 3 heterocycles. The number of nitriles is 1. The first-order chi connectivity index (χ1) is 17.1. The van der Waals surface area contributed by atoms with Crippen molar-refractivity contribution >= 4 is 22.6 Å². The monoisotopic (exact) mass is 471 g/mol. The Morgan fingerprint density at radius 3 is 2.40 bits per heavy atom. The Kier molecular flexibility index (Phi) is 6.69. The van der Waals surface area contributed by atoms with E-state index in [1.54, 1.807) is 12.1 Å². The van der Waals surface area contributed by atoms with Crippen LogP contribution in [-0.4, -0.2) is 33.5 Å². The molecule has 2 unspecified atom stereocenters. The third-order valence-electron chi connectivity index (χ3n) is 7.89. The number of anilines is 1. The molecule has 5 rings (SSSR count). The summed E-state index contributed by atoms with van der Waals surface area (Å²) in [5, 5.41) is 9.41. The lowest BCUT2D eigenvalue weighted by Crippen LogP contribution is -2.40. The van der Waals surface area contributed by atoms with E-state index >= 15 is 0 Å². The van der Waals surface area contributed by atoms with Gasteiger partial charge in [-0.1, -0.05) is 19.3 Å². The third-order valence-corrected chi connectivity index (χ3v) is 7.89. The van der Waals surface area contributed by atoms with Crippen molar-refractivity contribution in [3.63, 3.8) is 0 Å². The number of fused-ring (bicyclic) bond motifs is 1. The van der Waals surface area contributed by atoms with Crippen LogP contribution in [0.4, 0.5) is 5.69 Å².